The van der Waals surface area contributed by atoms with Crippen LogP contribution in [0, 0.1) is 0 Å². The third-order valence-corrected chi connectivity index (χ3v) is 5.22. The minimum Gasteiger partial charge on any atom is -0.489 e. The molecule has 0 bridgehead atoms. The van der Waals surface area contributed by atoms with Crippen LogP contribution < -0.4 is 19.7 Å². The Morgan fingerprint density at radius 3 is 2.60 bits per heavy atom. The molecule has 2 aromatic rings. The Morgan fingerprint density at radius 2 is 1.87 bits per heavy atom. The highest BCUT2D eigenvalue weighted by molar-refractivity contribution is 14.0. The summed E-state index contributed by atoms with van der Waals surface area (Å²) in [5, 5.41) is 4.01. The highest BCUT2D eigenvalue weighted by Gasteiger charge is 2.21. The Morgan fingerprint density at radius 1 is 1.13 bits per heavy atom. The number of halogens is 2. The van der Waals surface area contributed by atoms with E-state index in [9.17, 15) is 0 Å². The Balaban J connectivity index is 0.00000256. The van der Waals surface area contributed by atoms with Gasteiger partial charge in [0.25, 0.3) is 0 Å². The molecule has 0 aliphatic carbocycles. The summed E-state index contributed by atoms with van der Waals surface area (Å²) in [5.41, 5.74) is 1.02. The van der Waals surface area contributed by atoms with Crippen LogP contribution in [0.5, 0.6) is 11.5 Å². The van der Waals surface area contributed by atoms with Gasteiger partial charge in [-0.1, -0.05) is 11.6 Å². The van der Waals surface area contributed by atoms with Gasteiger partial charge in [0, 0.05) is 58.6 Å². The summed E-state index contributed by atoms with van der Waals surface area (Å²) in [7, 11) is 1.80. The zero-order chi connectivity index (χ0) is 20.1. The average molecular weight is 545 g/mol. The van der Waals surface area contributed by atoms with Gasteiger partial charge in [-0.05, 0) is 23.8 Å². The van der Waals surface area contributed by atoms with Crippen molar-refractivity contribution >= 4 is 47.5 Å². The number of ether oxygens (including phenoxy) is 2. The molecule has 8 nitrogen and oxygen atoms in total. The van der Waals surface area contributed by atoms with Crippen molar-refractivity contribution < 1.29 is 9.47 Å². The molecule has 1 N–H and O–H groups in total. The monoisotopic (exact) mass is 544 g/mol. The first-order valence-corrected chi connectivity index (χ1v) is 10.2. The highest BCUT2D eigenvalue weighted by atomic mass is 127. The zero-order valence-corrected chi connectivity index (χ0v) is 20.0. The number of hydrogen-bond acceptors (Lipinski definition) is 6. The highest BCUT2D eigenvalue weighted by Crippen LogP contribution is 2.37. The Bertz CT molecular complexity index is 862. The molecule has 0 unspecified atom stereocenters. The lowest BCUT2D eigenvalue weighted by Crippen LogP contribution is -2.52. The summed E-state index contributed by atoms with van der Waals surface area (Å²) in [6, 6.07) is 5.73. The van der Waals surface area contributed by atoms with Gasteiger partial charge >= 0.3 is 0 Å². The molecule has 1 aromatic carbocycles. The van der Waals surface area contributed by atoms with Gasteiger partial charge in [0.1, 0.15) is 0 Å². The quantitative estimate of drug-likeness (QED) is 0.362. The van der Waals surface area contributed by atoms with E-state index >= 15 is 0 Å². The molecule has 1 fully saturated rings. The molecule has 2 aliphatic heterocycles. The number of nitrogens with zero attached hydrogens (tertiary/aromatic N) is 5. The van der Waals surface area contributed by atoms with Crippen LogP contribution in [-0.4, -0.2) is 67.3 Å². The first-order chi connectivity index (χ1) is 14.2. The van der Waals surface area contributed by atoms with Gasteiger partial charge < -0.3 is 24.6 Å². The molecule has 0 saturated carbocycles. The van der Waals surface area contributed by atoms with Crippen LogP contribution in [-0.2, 0) is 6.54 Å². The van der Waals surface area contributed by atoms with Crippen LogP contribution in [0.2, 0.25) is 5.02 Å². The van der Waals surface area contributed by atoms with Crippen molar-refractivity contribution in [3.8, 4) is 11.5 Å². The second kappa shape index (κ2) is 10.9. The summed E-state index contributed by atoms with van der Waals surface area (Å²) >= 11 is 6.40. The van der Waals surface area contributed by atoms with E-state index in [1.807, 2.05) is 18.2 Å². The number of hydrogen-bond donors (Lipinski definition) is 1. The van der Waals surface area contributed by atoms with Gasteiger partial charge in [-0.3, -0.25) is 4.99 Å². The molecule has 1 saturated heterocycles. The average Bonchev–Trinajstić information content (AvgIpc) is 3.01. The van der Waals surface area contributed by atoms with Crippen LogP contribution in [0.4, 0.5) is 5.95 Å². The molecule has 0 radical (unpaired) electrons. The van der Waals surface area contributed by atoms with Crippen LogP contribution in [0.3, 0.4) is 0 Å². The van der Waals surface area contributed by atoms with Crippen LogP contribution in [0.15, 0.2) is 35.6 Å². The summed E-state index contributed by atoms with van der Waals surface area (Å²) in [4.78, 5) is 17.5. The number of benzene rings is 1. The number of nitrogens with one attached hydrogen (secondary N) is 1. The van der Waals surface area contributed by atoms with E-state index in [0.29, 0.717) is 36.3 Å². The number of anilines is 1. The van der Waals surface area contributed by atoms with Crippen molar-refractivity contribution in [2.24, 2.45) is 4.99 Å². The predicted molar refractivity (Wildman–Crippen MR) is 128 cm³/mol. The fourth-order valence-corrected chi connectivity index (χ4v) is 3.76. The standard InChI is InChI=1S/C20H25ClN6O2.HI/c1-22-19(26-6-8-27(9-7-26)20-23-4-2-5-24-20)25-14-15-12-16(21)18-17(13-15)28-10-3-11-29-18;/h2,4-5,12-13H,3,6-11,14H2,1H3,(H,22,25);1H. The second-order valence-corrected chi connectivity index (χ2v) is 7.29. The summed E-state index contributed by atoms with van der Waals surface area (Å²) in [5.74, 6) is 2.98. The molecule has 162 valence electrons. The van der Waals surface area contributed by atoms with Crippen LogP contribution >= 0.6 is 35.6 Å². The molecule has 4 rings (SSSR count). The van der Waals surface area contributed by atoms with Crippen molar-refractivity contribution in [1.82, 2.24) is 20.2 Å². The first kappa shape index (κ1) is 22.7. The number of aliphatic imine (C=N–C) groups is 1. The van der Waals surface area contributed by atoms with E-state index in [2.05, 4.69) is 30.1 Å². The van der Waals surface area contributed by atoms with E-state index in [0.717, 1.165) is 50.1 Å². The maximum absolute atomic E-state index is 6.40. The smallest absolute Gasteiger partial charge is 0.225 e. The fraction of sp³-hybridized carbons (Fsp3) is 0.450. The SMILES string of the molecule is CN=C(NCc1cc(Cl)c2c(c1)OCCCO2)N1CCN(c2ncccn2)CC1.I. The molecule has 10 heteroatoms. The molecule has 1 aromatic heterocycles. The number of guanidine groups is 1. The number of piperazine rings is 1. The summed E-state index contributed by atoms with van der Waals surface area (Å²) in [6.07, 6.45) is 4.40. The minimum absolute atomic E-state index is 0. The summed E-state index contributed by atoms with van der Waals surface area (Å²) in [6.45, 7) is 5.25. The van der Waals surface area contributed by atoms with Crippen molar-refractivity contribution in [2.75, 3.05) is 51.3 Å². The Kier molecular flexibility index (Phi) is 8.20. The molecule has 3 heterocycles. The van der Waals surface area contributed by atoms with Crippen molar-refractivity contribution in [3.05, 3.63) is 41.2 Å². The van der Waals surface area contributed by atoms with Crippen molar-refractivity contribution in [3.63, 3.8) is 0 Å². The molecular formula is C20H26ClIN6O2. The fourth-order valence-electron chi connectivity index (χ4n) is 3.47. The van der Waals surface area contributed by atoms with Gasteiger partial charge in [-0.15, -0.1) is 24.0 Å². The van der Waals surface area contributed by atoms with Crippen molar-refractivity contribution in [2.45, 2.75) is 13.0 Å². The zero-order valence-electron chi connectivity index (χ0n) is 16.9. The Labute approximate surface area is 198 Å². The first-order valence-electron chi connectivity index (χ1n) is 9.80. The maximum atomic E-state index is 6.40. The molecule has 0 atom stereocenters. The second-order valence-electron chi connectivity index (χ2n) is 6.88. The largest absolute Gasteiger partial charge is 0.489 e. The normalized spacial score (nSPS) is 16.5. The van der Waals surface area contributed by atoms with E-state index in [-0.39, 0.29) is 24.0 Å². The molecule has 0 spiro atoms. The van der Waals surface area contributed by atoms with Gasteiger partial charge in [0.2, 0.25) is 5.95 Å². The van der Waals surface area contributed by atoms with Gasteiger partial charge in [0.15, 0.2) is 17.5 Å². The van der Waals surface area contributed by atoms with E-state index in [1.54, 1.807) is 19.4 Å². The molecule has 30 heavy (non-hydrogen) atoms. The number of rotatable bonds is 3. The summed E-state index contributed by atoms with van der Waals surface area (Å²) < 4.78 is 11.5. The molecule has 0 amide bonds. The lowest BCUT2D eigenvalue weighted by Gasteiger charge is -2.36. The van der Waals surface area contributed by atoms with E-state index < -0.39 is 0 Å². The van der Waals surface area contributed by atoms with Crippen LogP contribution in [0.25, 0.3) is 0 Å². The van der Waals surface area contributed by atoms with E-state index in [4.69, 9.17) is 21.1 Å². The number of aromatic nitrogens is 2. The lowest BCUT2D eigenvalue weighted by molar-refractivity contribution is 0.297. The maximum Gasteiger partial charge on any atom is 0.225 e. The molecular weight excluding hydrogens is 519 g/mol. The third-order valence-electron chi connectivity index (χ3n) is 4.94. The minimum atomic E-state index is 0. The van der Waals surface area contributed by atoms with Gasteiger partial charge in [0.05, 0.1) is 18.2 Å². The van der Waals surface area contributed by atoms with E-state index in [1.165, 1.54) is 0 Å². The topological polar surface area (TPSA) is 75.1 Å². The number of fused-ring (bicyclic) bond motifs is 1. The predicted octanol–water partition coefficient (Wildman–Crippen LogP) is 2.81. The van der Waals surface area contributed by atoms with Gasteiger partial charge in [-0.25, -0.2) is 9.97 Å². The third kappa shape index (κ3) is 5.37. The Hall–Kier alpha value is -2.01. The van der Waals surface area contributed by atoms with Gasteiger partial charge in [-0.2, -0.15) is 0 Å². The van der Waals surface area contributed by atoms with Crippen LogP contribution in [0.1, 0.15) is 12.0 Å². The van der Waals surface area contributed by atoms with Crippen molar-refractivity contribution in [1.29, 1.82) is 0 Å². The molecule has 2 aliphatic rings. The lowest BCUT2D eigenvalue weighted by atomic mass is 10.2.